The minimum Gasteiger partial charge on any atom is -0.478 e. The largest absolute Gasteiger partial charge is 0.478 e. The summed E-state index contributed by atoms with van der Waals surface area (Å²) in [6.07, 6.45) is 4.21. The maximum absolute atomic E-state index is 14.6. The first-order valence-electron chi connectivity index (χ1n) is 12.4. The number of halogens is 4. The number of ketones is 1. The molecule has 3 rings (SSSR count). The van der Waals surface area contributed by atoms with Gasteiger partial charge in [-0.3, -0.25) is 4.79 Å². The van der Waals surface area contributed by atoms with Crippen molar-refractivity contribution in [3.8, 4) is 11.1 Å². The maximum atomic E-state index is 14.6. The van der Waals surface area contributed by atoms with Crippen LogP contribution in [0.5, 0.6) is 0 Å². The molecule has 5 nitrogen and oxygen atoms in total. The lowest BCUT2D eigenvalue weighted by molar-refractivity contribution is 0.0698. The third kappa shape index (κ3) is 9.64. The number of alkyl halides is 2. The lowest BCUT2D eigenvalue weighted by atomic mass is 9.93. The Hall–Kier alpha value is -2.55. The molecule has 0 spiro atoms. The summed E-state index contributed by atoms with van der Waals surface area (Å²) in [5, 5.41) is 10.3. The third-order valence-corrected chi connectivity index (χ3v) is 5.45. The van der Waals surface area contributed by atoms with Crippen molar-refractivity contribution in [1.29, 1.82) is 0 Å². The Morgan fingerprint density at radius 2 is 1.53 bits per heavy atom. The number of carbonyl (C=O) groups is 2. The van der Waals surface area contributed by atoms with Crippen LogP contribution in [0, 0.1) is 18.6 Å². The minimum absolute atomic E-state index is 0.0707. The molecule has 38 heavy (non-hydrogen) atoms. The van der Waals surface area contributed by atoms with Crippen molar-refractivity contribution < 1.29 is 28.2 Å². The number of ether oxygens (including phenoxy) is 1. The first-order chi connectivity index (χ1) is 18.3. The van der Waals surface area contributed by atoms with Gasteiger partial charge in [-0.1, -0.05) is 67.9 Å². The summed E-state index contributed by atoms with van der Waals surface area (Å²) >= 11 is 7.94. The minimum atomic E-state index is -1.35. The first kappa shape index (κ1) is 35.5. The highest BCUT2D eigenvalue weighted by molar-refractivity contribution is 9.09. The topological polar surface area (TPSA) is 79.4 Å². The molecule has 0 aliphatic rings. The quantitative estimate of drug-likeness (QED) is 0.136. The first-order valence-corrected chi connectivity index (χ1v) is 14.3. The Bertz CT molecular complexity index is 1130. The summed E-state index contributed by atoms with van der Waals surface area (Å²) in [5.41, 5.74) is 0.440. The molecule has 2 N–H and O–H groups in total. The van der Waals surface area contributed by atoms with Crippen LogP contribution < -0.4 is 0 Å². The maximum Gasteiger partial charge on any atom is 0.337 e. The van der Waals surface area contributed by atoms with E-state index >= 15 is 0 Å². The SMILES string of the molecule is CC.CC.CCl.Cc1c(F)ccc(F)c1-c1c(C(=O)O)c[nH]c1C(=O)c1ccc(CCCOCCBr)cc1. The predicted octanol–water partition coefficient (Wildman–Crippen LogP) is 8.45. The van der Waals surface area contributed by atoms with E-state index in [-0.39, 0.29) is 27.9 Å². The molecule has 0 aliphatic heterocycles. The number of hydrogen-bond donors (Lipinski definition) is 2. The Morgan fingerprint density at radius 3 is 2.08 bits per heavy atom. The lowest BCUT2D eigenvalue weighted by Gasteiger charge is -2.11. The van der Waals surface area contributed by atoms with Gasteiger partial charge in [0.25, 0.3) is 0 Å². The standard InChI is InChI=1S/C24H22BrF2NO4.2C2H6.CH3Cl/c1-14-18(26)8-9-19(27)20(14)21-17(24(30)31)13-28-22(21)23(29)16-6-4-15(5-7-16)3-2-11-32-12-10-25;3*1-2/h4-9,13,28H,2-3,10-12H2,1H3,(H,30,31);2*1-2H3;1H3. The van der Waals surface area contributed by atoms with Crippen LogP contribution in [0.2, 0.25) is 0 Å². The average Bonchev–Trinajstić information content (AvgIpc) is 3.39. The van der Waals surface area contributed by atoms with Gasteiger partial charge in [0.05, 0.1) is 17.9 Å². The van der Waals surface area contributed by atoms with Crippen LogP contribution in [-0.2, 0) is 11.2 Å². The van der Waals surface area contributed by atoms with E-state index in [0.29, 0.717) is 18.8 Å². The summed E-state index contributed by atoms with van der Waals surface area (Å²) < 4.78 is 34.2. The smallest absolute Gasteiger partial charge is 0.337 e. The Labute approximate surface area is 237 Å². The number of carboxylic acid groups (broad SMARTS) is 1. The van der Waals surface area contributed by atoms with Crippen LogP contribution in [0.3, 0.4) is 0 Å². The van der Waals surface area contributed by atoms with Crippen molar-refractivity contribution >= 4 is 39.3 Å². The molecule has 9 heteroatoms. The summed E-state index contributed by atoms with van der Waals surface area (Å²) in [7, 11) is 0. The van der Waals surface area contributed by atoms with E-state index in [1.54, 1.807) is 12.1 Å². The van der Waals surface area contributed by atoms with Crippen LogP contribution in [0.4, 0.5) is 8.78 Å². The van der Waals surface area contributed by atoms with Gasteiger partial charge in [-0.15, -0.1) is 11.6 Å². The number of hydrogen-bond acceptors (Lipinski definition) is 3. The number of carboxylic acids is 1. The number of aryl methyl sites for hydroxylation is 1. The molecular weight excluding hydrogens is 580 g/mol. The molecule has 2 aromatic carbocycles. The highest BCUT2D eigenvalue weighted by Crippen LogP contribution is 2.35. The van der Waals surface area contributed by atoms with Gasteiger partial charge in [0.15, 0.2) is 0 Å². The molecule has 0 aliphatic carbocycles. The zero-order valence-corrected chi connectivity index (χ0v) is 25.1. The van der Waals surface area contributed by atoms with E-state index < -0.39 is 23.4 Å². The summed E-state index contributed by atoms with van der Waals surface area (Å²) in [5.74, 6) is -3.36. The van der Waals surface area contributed by atoms with E-state index in [4.69, 9.17) is 4.74 Å². The van der Waals surface area contributed by atoms with Gasteiger partial charge in [0.1, 0.15) is 11.6 Å². The number of benzene rings is 2. The summed E-state index contributed by atoms with van der Waals surface area (Å²) in [6, 6.07) is 8.78. The Morgan fingerprint density at radius 1 is 0.947 bits per heavy atom. The second-order valence-electron chi connectivity index (χ2n) is 7.22. The average molecular weight is 617 g/mol. The van der Waals surface area contributed by atoms with Crippen molar-refractivity contribution in [2.45, 2.75) is 47.5 Å². The van der Waals surface area contributed by atoms with Crippen LogP contribution in [0.15, 0.2) is 42.6 Å². The van der Waals surface area contributed by atoms with Crippen LogP contribution in [-0.4, -0.2) is 46.8 Å². The second kappa shape index (κ2) is 19.5. The molecule has 1 heterocycles. The highest BCUT2D eigenvalue weighted by atomic mass is 79.9. The van der Waals surface area contributed by atoms with Gasteiger partial charge in [-0.05, 0) is 43.0 Å². The summed E-state index contributed by atoms with van der Waals surface area (Å²) in [6.45, 7) is 10.6. The van der Waals surface area contributed by atoms with Gasteiger partial charge in [0.2, 0.25) is 5.78 Å². The fourth-order valence-electron chi connectivity index (χ4n) is 3.49. The van der Waals surface area contributed by atoms with Crippen LogP contribution in [0.25, 0.3) is 11.1 Å². The van der Waals surface area contributed by atoms with Crippen molar-refractivity contribution in [1.82, 2.24) is 4.98 Å². The molecule has 0 radical (unpaired) electrons. The van der Waals surface area contributed by atoms with E-state index in [1.165, 1.54) is 13.3 Å². The fourth-order valence-corrected chi connectivity index (χ4v) is 3.72. The van der Waals surface area contributed by atoms with E-state index in [2.05, 4.69) is 32.5 Å². The van der Waals surface area contributed by atoms with Crippen molar-refractivity contribution in [3.05, 3.63) is 82.2 Å². The third-order valence-electron chi connectivity index (χ3n) is 5.13. The number of nitrogens with one attached hydrogen (secondary N) is 1. The van der Waals surface area contributed by atoms with E-state index in [0.717, 1.165) is 42.1 Å². The second-order valence-corrected chi connectivity index (χ2v) is 8.01. The number of aromatic nitrogens is 1. The molecule has 1 aromatic heterocycles. The molecule has 0 atom stereocenters. The van der Waals surface area contributed by atoms with Gasteiger partial charge >= 0.3 is 5.97 Å². The zero-order chi connectivity index (χ0) is 29.3. The Kier molecular flexibility index (Phi) is 18.2. The van der Waals surface area contributed by atoms with Gasteiger partial charge < -0.3 is 14.8 Å². The van der Waals surface area contributed by atoms with Crippen molar-refractivity contribution in [3.63, 3.8) is 0 Å². The number of aromatic carboxylic acids is 1. The molecule has 0 saturated heterocycles. The molecule has 210 valence electrons. The molecule has 0 amide bonds. The molecule has 0 bridgehead atoms. The van der Waals surface area contributed by atoms with E-state index in [9.17, 15) is 23.5 Å². The van der Waals surface area contributed by atoms with Gasteiger partial charge in [-0.25, -0.2) is 13.6 Å². The Balaban J connectivity index is 0.00000213. The van der Waals surface area contributed by atoms with Gasteiger partial charge in [-0.2, -0.15) is 0 Å². The van der Waals surface area contributed by atoms with Gasteiger partial charge in [0, 0.05) is 41.2 Å². The monoisotopic (exact) mass is 615 g/mol. The number of H-pyrrole nitrogens is 1. The molecule has 0 saturated carbocycles. The molecule has 3 aromatic rings. The van der Waals surface area contributed by atoms with Crippen LogP contribution >= 0.6 is 27.5 Å². The van der Waals surface area contributed by atoms with Crippen molar-refractivity contribution in [2.24, 2.45) is 0 Å². The lowest BCUT2D eigenvalue weighted by Crippen LogP contribution is -2.07. The van der Waals surface area contributed by atoms with E-state index in [1.807, 2.05) is 39.8 Å². The van der Waals surface area contributed by atoms with Crippen molar-refractivity contribution in [2.75, 3.05) is 24.9 Å². The predicted molar refractivity (Wildman–Crippen MR) is 155 cm³/mol. The normalized spacial score (nSPS) is 9.74. The van der Waals surface area contributed by atoms with Crippen LogP contribution in [0.1, 0.15) is 71.7 Å². The highest BCUT2D eigenvalue weighted by Gasteiger charge is 2.27. The number of rotatable bonds is 10. The molecule has 0 unspecified atom stereocenters. The number of aromatic amines is 1. The number of carbonyl (C=O) groups excluding carboxylic acids is 1. The fraction of sp³-hybridized carbons (Fsp3) is 0.379. The zero-order valence-electron chi connectivity index (χ0n) is 22.8. The molecular formula is C29H37BrClF2NO4. The summed E-state index contributed by atoms with van der Waals surface area (Å²) in [4.78, 5) is 27.5. The molecule has 0 fully saturated rings.